The Kier molecular flexibility index (Phi) is 10.3. The highest BCUT2D eigenvalue weighted by molar-refractivity contribution is 5.88. The smallest absolute Gasteiger partial charge is 0.242 e. The molecule has 0 spiro atoms. The number of hydrogen-bond donors (Lipinski definition) is 0. The van der Waals surface area contributed by atoms with Gasteiger partial charge in [-0.2, -0.15) is 0 Å². The summed E-state index contributed by atoms with van der Waals surface area (Å²) in [7, 11) is 3.60. The predicted octanol–water partition coefficient (Wildman–Crippen LogP) is 3.82. The van der Waals surface area contributed by atoms with Crippen LogP contribution in [0.15, 0.2) is 48.7 Å². The van der Waals surface area contributed by atoms with Gasteiger partial charge in [0, 0.05) is 39.1 Å². The van der Waals surface area contributed by atoms with Gasteiger partial charge in [0.2, 0.25) is 11.8 Å². The third kappa shape index (κ3) is 7.24. The van der Waals surface area contributed by atoms with Crippen LogP contribution in [0.4, 0.5) is 0 Å². The molecule has 1 aromatic carbocycles. The number of aromatic nitrogens is 1. The van der Waals surface area contributed by atoms with Gasteiger partial charge in [-0.15, -0.1) is 0 Å². The first kappa shape index (κ1) is 24.7. The molecule has 0 radical (unpaired) electrons. The van der Waals surface area contributed by atoms with Crippen LogP contribution in [-0.4, -0.2) is 59.5 Å². The standard InChI is InChI=1S/C25H37N3O3/c1-5-7-16-27(19-22-14-11-15-26(22)3)24(29)20-28(17-18-31-4)25(30)23(6-2)21-12-9-8-10-13-21/h8-15,23H,5-7,16-20H2,1-4H3/t23-/m0/s1. The maximum atomic E-state index is 13.4. The monoisotopic (exact) mass is 427 g/mol. The fourth-order valence-electron chi connectivity index (χ4n) is 3.69. The number of methoxy groups -OCH3 is 1. The number of aryl methyl sites for hydroxylation is 1. The summed E-state index contributed by atoms with van der Waals surface area (Å²) in [5.74, 6) is -0.307. The quantitative estimate of drug-likeness (QED) is 0.488. The van der Waals surface area contributed by atoms with Gasteiger partial charge in [0.25, 0.3) is 0 Å². The highest BCUT2D eigenvalue weighted by Gasteiger charge is 2.27. The van der Waals surface area contributed by atoms with Gasteiger partial charge < -0.3 is 19.1 Å². The molecule has 0 saturated carbocycles. The zero-order valence-corrected chi connectivity index (χ0v) is 19.4. The lowest BCUT2D eigenvalue weighted by molar-refractivity contribution is -0.142. The molecule has 0 aliphatic rings. The number of carbonyl (C=O) groups is 2. The Morgan fingerprint density at radius 2 is 1.77 bits per heavy atom. The lowest BCUT2D eigenvalue weighted by atomic mass is 9.95. The first-order chi connectivity index (χ1) is 15.0. The molecule has 0 fully saturated rings. The first-order valence-electron chi connectivity index (χ1n) is 11.2. The number of benzene rings is 1. The Morgan fingerprint density at radius 1 is 1.03 bits per heavy atom. The number of unbranched alkanes of at least 4 members (excludes halogenated alkanes) is 1. The Bertz CT molecular complexity index is 803. The second kappa shape index (κ2) is 13.0. The average molecular weight is 428 g/mol. The third-order valence-corrected chi connectivity index (χ3v) is 5.65. The van der Waals surface area contributed by atoms with Crippen molar-refractivity contribution in [2.24, 2.45) is 7.05 Å². The van der Waals surface area contributed by atoms with Gasteiger partial charge in [0.05, 0.1) is 25.6 Å². The van der Waals surface area contributed by atoms with Gasteiger partial charge >= 0.3 is 0 Å². The molecule has 2 aromatic rings. The number of nitrogens with zero attached hydrogens (tertiary/aromatic N) is 3. The Morgan fingerprint density at radius 3 is 2.35 bits per heavy atom. The minimum absolute atomic E-state index is 0.0200. The van der Waals surface area contributed by atoms with E-state index < -0.39 is 0 Å². The van der Waals surface area contributed by atoms with Crippen LogP contribution in [0.2, 0.25) is 0 Å². The van der Waals surface area contributed by atoms with Crippen molar-refractivity contribution in [3.05, 3.63) is 59.9 Å². The molecule has 0 aliphatic heterocycles. The van der Waals surface area contributed by atoms with Crippen LogP contribution < -0.4 is 0 Å². The third-order valence-electron chi connectivity index (χ3n) is 5.65. The van der Waals surface area contributed by atoms with Gasteiger partial charge in [-0.1, -0.05) is 50.6 Å². The van der Waals surface area contributed by atoms with E-state index in [9.17, 15) is 9.59 Å². The van der Waals surface area contributed by atoms with E-state index in [2.05, 4.69) is 6.92 Å². The molecule has 0 unspecified atom stereocenters. The van der Waals surface area contributed by atoms with E-state index >= 15 is 0 Å². The van der Waals surface area contributed by atoms with Gasteiger partial charge in [-0.05, 0) is 30.5 Å². The fraction of sp³-hybridized carbons (Fsp3) is 0.520. The molecular weight excluding hydrogens is 390 g/mol. The summed E-state index contributed by atoms with van der Waals surface area (Å²) < 4.78 is 7.26. The van der Waals surface area contributed by atoms with Crippen LogP contribution in [0.3, 0.4) is 0 Å². The number of hydrogen-bond acceptors (Lipinski definition) is 3. The number of amides is 2. The van der Waals surface area contributed by atoms with Crippen molar-refractivity contribution in [2.45, 2.75) is 45.6 Å². The zero-order valence-electron chi connectivity index (χ0n) is 19.4. The summed E-state index contributed by atoms with van der Waals surface area (Å²) in [5, 5.41) is 0. The van der Waals surface area contributed by atoms with E-state index in [-0.39, 0.29) is 24.3 Å². The highest BCUT2D eigenvalue weighted by Crippen LogP contribution is 2.22. The van der Waals surface area contributed by atoms with Crippen LogP contribution in [0.25, 0.3) is 0 Å². The van der Waals surface area contributed by atoms with Crippen LogP contribution in [0, 0.1) is 0 Å². The maximum absolute atomic E-state index is 13.4. The SMILES string of the molecule is CCCCN(Cc1cccn1C)C(=O)CN(CCOC)C(=O)[C@@H](CC)c1ccccc1. The lowest BCUT2D eigenvalue weighted by Crippen LogP contribution is -2.45. The molecule has 1 atom stereocenters. The number of carbonyl (C=O) groups excluding carboxylic acids is 2. The van der Waals surface area contributed by atoms with Crippen molar-refractivity contribution in [1.82, 2.24) is 14.4 Å². The van der Waals surface area contributed by atoms with E-state index in [1.165, 1.54) is 0 Å². The first-order valence-corrected chi connectivity index (χ1v) is 11.2. The maximum Gasteiger partial charge on any atom is 0.242 e. The van der Waals surface area contributed by atoms with Crippen LogP contribution in [0.1, 0.15) is 50.3 Å². The minimum Gasteiger partial charge on any atom is -0.383 e. The van der Waals surface area contributed by atoms with Gasteiger partial charge in [-0.3, -0.25) is 9.59 Å². The second-order valence-electron chi connectivity index (χ2n) is 7.90. The molecule has 31 heavy (non-hydrogen) atoms. The highest BCUT2D eigenvalue weighted by atomic mass is 16.5. The summed E-state index contributed by atoms with van der Waals surface area (Å²) in [6, 6.07) is 13.8. The van der Waals surface area contributed by atoms with E-state index in [1.54, 1.807) is 12.0 Å². The Labute approximate surface area is 186 Å². The van der Waals surface area contributed by atoms with E-state index in [0.29, 0.717) is 32.7 Å². The summed E-state index contributed by atoms with van der Waals surface area (Å²) in [6.07, 6.45) is 4.61. The molecule has 1 heterocycles. The molecule has 2 amide bonds. The summed E-state index contributed by atoms with van der Waals surface area (Å²) >= 11 is 0. The topological polar surface area (TPSA) is 54.8 Å². The minimum atomic E-state index is -0.261. The normalized spacial score (nSPS) is 11.9. The van der Waals surface area contributed by atoms with E-state index in [4.69, 9.17) is 4.74 Å². The van der Waals surface area contributed by atoms with E-state index in [1.807, 2.05) is 72.1 Å². The number of ether oxygens (including phenoxy) is 1. The van der Waals surface area contributed by atoms with E-state index in [0.717, 1.165) is 24.1 Å². The van der Waals surface area contributed by atoms with Gasteiger partial charge in [0.15, 0.2) is 0 Å². The van der Waals surface area contributed by atoms with Crippen molar-refractivity contribution in [2.75, 3.05) is 33.4 Å². The van der Waals surface area contributed by atoms with Crippen molar-refractivity contribution >= 4 is 11.8 Å². The Balaban J connectivity index is 2.18. The van der Waals surface area contributed by atoms with Crippen molar-refractivity contribution in [3.8, 4) is 0 Å². The van der Waals surface area contributed by atoms with Crippen molar-refractivity contribution < 1.29 is 14.3 Å². The second-order valence-corrected chi connectivity index (χ2v) is 7.90. The van der Waals surface area contributed by atoms with Crippen LogP contribution >= 0.6 is 0 Å². The van der Waals surface area contributed by atoms with Crippen molar-refractivity contribution in [1.29, 1.82) is 0 Å². The molecule has 0 saturated heterocycles. The zero-order chi connectivity index (χ0) is 22.6. The Hall–Kier alpha value is -2.60. The average Bonchev–Trinajstić information content (AvgIpc) is 3.19. The van der Waals surface area contributed by atoms with Gasteiger partial charge in [-0.25, -0.2) is 0 Å². The predicted molar refractivity (Wildman–Crippen MR) is 124 cm³/mol. The largest absolute Gasteiger partial charge is 0.383 e. The molecule has 6 nitrogen and oxygen atoms in total. The van der Waals surface area contributed by atoms with Crippen LogP contribution in [0.5, 0.6) is 0 Å². The van der Waals surface area contributed by atoms with Gasteiger partial charge in [0.1, 0.15) is 0 Å². The molecule has 0 bridgehead atoms. The van der Waals surface area contributed by atoms with Crippen LogP contribution in [-0.2, 0) is 27.9 Å². The molecule has 170 valence electrons. The summed E-state index contributed by atoms with van der Waals surface area (Å²) in [4.78, 5) is 30.2. The molecular formula is C25H37N3O3. The molecule has 6 heteroatoms. The van der Waals surface area contributed by atoms with Crippen molar-refractivity contribution in [3.63, 3.8) is 0 Å². The molecule has 0 aliphatic carbocycles. The molecule has 1 aromatic heterocycles. The number of rotatable bonds is 13. The molecule has 0 N–H and O–H groups in total. The summed E-state index contributed by atoms with van der Waals surface area (Å²) in [6.45, 7) is 6.22. The molecule has 2 rings (SSSR count). The fourth-order valence-corrected chi connectivity index (χ4v) is 3.69. The summed E-state index contributed by atoms with van der Waals surface area (Å²) in [5.41, 5.74) is 2.06. The lowest BCUT2D eigenvalue weighted by Gasteiger charge is -2.30.